The molecule has 0 aromatic rings. The van der Waals surface area contributed by atoms with Gasteiger partial charge in [0, 0.05) is 18.6 Å². The molecule has 0 spiro atoms. The van der Waals surface area contributed by atoms with E-state index in [-0.39, 0.29) is 0 Å². The minimum atomic E-state index is 0.356. The maximum atomic E-state index is 6.09. The van der Waals surface area contributed by atoms with Gasteiger partial charge in [0.1, 0.15) is 0 Å². The zero-order valence-corrected chi connectivity index (χ0v) is 10.3. The first-order valence-corrected chi connectivity index (χ1v) is 6.68. The van der Waals surface area contributed by atoms with Crippen LogP contribution in [0.5, 0.6) is 0 Å². The number of rotatable bonds is 4. The summed E-state index contributed by atoms with van der Waals surface area (Å²) in [4.78, 5) is 2.72. The van der Waals surface area contributed by atoms with Crippen LogP contribution in [-0.2, 0) is 0 Å². The molecule has 2 unspecified atom stereocenters. The molecule has 1 aliphatic heterocycles. The van der Waals surface area contributed by atoms with Crippen molar-refractivity contribution in [2.24, 2.45) is 17.6 Å². The molecular formula is C13H26N2. The highest BCUT2D eigenvalue weighted by atomic mass is 15.2. The third-order valence-corrected chi connectivity index (χ3v) is 4.59. The van der Waals surface area contributed by atoms with E-state index in [1.54, 1.807) is 0 Å². The Labute approximate surface area is 94.2 Å². The fourth-order valence-corrected chi connectivity index (χ4v) is 3.43. The summed E-state index contributed by atoms with van der Waals surface area (Å²) in [6, 6.07) is 0. The molecule has 0 amide bonds. The van der Waals surface area contributed by atoms with E-state index in [1.807, 2.05) is 0 Å². The van der Waals surface area contributed by atoms with E-state index in [9.17, 15) is 0 Å². The third kappa shape index (κ3) is 2.07. The molecule has 1 aliphatic carbocycles. The monoisotopic (exact) mass is 210 g/mol. The van der Waals surface area contributed by atoms with Gasteiger partial charge in [-0.1, -0.05) is 13.8 Å². The van der Waals surface area contributed by atoms with Gasteiger partial charge in [-0.3, -0.25) is 4.90 Å². The van der Waals surface area contributed by atoms with Gasteiger partial charge in [0.2, 0.25) is 0 Å². The average Bonchev–Trinajstić information content (AvgIpc) is 3.05. The van der Waals surface area contributed by atoms with Crippen molar-refractivity contribution in [3.8, 4) is 0 Å². The maximum Gasteiger partial charge on any atom is 0.0357 e. The average molecular weight is 210 g/mol. The smallest absolute Gasteiger partial charge is 0.0357 e. The van der Waals surface area contributed by atoms with Gasteiger partial charge in [-0.15, -0.1) is 0 Å². The molecular weight excluding hydrogens is 184 g/mol. The summed E-state index contributed by atoms with van der Waals surface area (Å²) < 4.78 is 0. The molecule has 2 rings (SSSR count). The molecule has 2 N–H and O–H groups in total. The van der Waals surface area contributed by atoms with Crippen LogP contribution in [-0.4, -0.2) is 30.1 Å². The van der Waals surface area contributed by atoms with Gasteiger partial charge < -0.3 is 5.73 Å². The zero-order valence-electron chi connectivity index (χ0n) is 10.3. The number of likely N-dealkylation sites (tertiary alicyclic amines) is 1. The quantitative estimate of drug-likeness (QED) is 0.771. The highest BCUT2D eigenvalue weighted by Gasteiger charge is 2.47. The van der Waals surface area contributed by atoms with Crippen LogP contribution >= 0.6 is 0 Å². The Bertz CT molecular complexity index is 207. The van der Waals surface area contributed by atoms with E-state index in [0.29, 0.717) is 5.54 Å². The first kappa shape index (κ1) is 11.4. The van der Waals surface area contributed by atoms with Crippen molar-refractivity contribution in [2.45, 2.75) is 51.5 Å². The van der Waals surface area contributed by atoms with Crippen LogP contribution in [0, 0.1) is 11.8 Å². The molecule has 1 heterocycles. The molecule has 2 heteroatoms. The van der Waals surface area contributed by atoms with Crippen molar-refractivity contribution in [2.75, 3.05) is 19.6 Å². The second-order valence-corrected chi connectivity index (χ2v) is 5.63. The van der Waals surface area contributed by atoms with Gasteiger partial charge in [0.25, 0.3) is 0 Å². The van der Waals surface area contributed by atoms with Crippen molar-refractivity contribution >= 4 is 0 Å². The summed E-state index contributed by atoms with van der Waals surface area (Å²) in [5.41, 5.74) is 6.45. The molecule has 0 aromatic heterocycles. The number of piperidine rings is 1. The van der Waals surface area contributed by atoms with Crippen molar-refractivity contribution in [1.29, 1.82) is 0 Å². The van der Waals surface area contributed by atoms with Crippen LogP contribution in [0.2, 0.25) is 0 Å². The highest BCUT2D eigenvalue weighted by molar-refractivity contribution is 5.03. The molecule has 0 radical (unpaired) electrons. The van der Waals surface area contributed by atoms with E-state index < -0.39 is 0 Å². The van der Waals surface area contributed by atoms with Crippen LogP contribution in [0.1, 0.15) is 46.0 Å². The highest BCUT2D eigenvalue weighted by Crippen LogP contribution is 2.45. The van der Waals surface area contributed by atoms with E-state index in [4.69, 9.17) is 5.73 Å². The van der Waals surface area contributed by atoms with Crippen molar-refractivity contribution < 1.29 is 0 Å². The molecule has 2 nitrogen and oxygen atoms in total. The Balaban J connectivity index is 2.08. The zero-order chi connectivity index (χ0) is 10.9. The summed E-state index contributed by atoms with van der Waals surface area (Å²) in [6.07, 6.45) is 6.84. The molecule has 2 atom stereocenters. The van der Waals surface area contributed by atoms with Gasteiger partial charge in [-0.05, 0) is 50.5 Å². The number of nitrogens with zero attached hydrogens (tertiary/aromatic N) is 1. The molecule has 0 bridgehead atoms. The third-order valence-electron chi connectivity index (χ3n) is 4.59. The minimum Gasteiger partial charge on any atom is -0.329 e. The van der Waals surface area contributed by atoms with E-state index in [0.717, 1.165) is 18.4 Å². The number of hydrogen-bond acceptors (Lipinski definition) is 2. The van der Waals surface area contributed by atoms with Crippen molar-refractivity contribution in [3.05, 3.63) is 0 Å². The SMILES string of the molecule is CCC(CN)(C1CC1)N1CCCC(C)C1. The lowest BCUT2D eigenvalue weighted by molar-refractivity contribution is 0.0314. The summed E-state index contributed by atoms with van der Waals surface area (Å²) in [5.74, 6) is 1.77. The van der Waals surface area contributed by atoms with Crippen LogP contribution in [0.25, 0.3) is 0 Å². The number of nitrogens with two attached hydrogens (primary N) is 1. The molecule has 15 heavy (non-hydrogen) atoms. The van der Waals surface area contributed by atoms with Crippen LogP contribution in [0.3, 0.4) is 0 Å². The van der Waals surface area contributed by atoms with Gasteiger partial charge in [-0.2, -0.15) is 0 Å². The Morgan fingerprint density at radius 3 is 2.53 bits per heavy atom. The van der Waals surface area contributed by atoms with Crippen LogP contribution in [0.4, 0.5) is 0 Å². The molecule has 2 aliphatic rings. The topological polar surface area (TPSA) is 29.3 Å². The van der Waals surface area contributed by atoms with E-state index >= 15 is 0 Å². The normalized spacial score (nSPS) is 32.6. The predicted molar refractivity (Wildman–Crippen MR) is 64.8 cm³/mol. The standard InChI is InChI=1S/C13H26N2/c1-3-13(10-14,12-6-7-12)15-8-4-5-11(2)9-15/h11-12H,3-10,14H2,1-2H3. The molecule has 1 saturated carbocycles. The lowest BCUT2D eigenvalue weighted by Crippen LogP contribution is -2.58. The fourth-order valence-electron chi connectivity index (χ4n) is 3.43. The van der Waals surface area contributed by atoms with Crippen LogP contribution < -0.4 is 5.73 Å². The van der Waals surface area contributed by atoms with E-state index in [2.05, 4.69) is 18.7 Å². The summed E-state index contributed by atoms with van der Waals surface area (Å²) >= 11 is 0. The Morgan fingerprint density at radius 1 is 1.33 bits per heavy atom. The Morgan fingerprint density at radius 2 is 2.07 bits per heavy atom. The second-order valence-electron chi connectivity index (χ2n) is 5.63. The van der Waals surface area contributed by atoms with E-state index in [1.165, 1.54) is 45.2 Å². The minimum absolute atomic E-state index is 0.356. The fraction of sp³-hybridized carbons (Fsp3) is 1.00. The van der Waals surface area contributed by atoms with Gasteiger partial charge in [0.15, 0.2) is 0 Å². The Kier molecular flexibility index (Phi) is 3.36. The molecule has 88 valence electrons. The molecule has 2 fully saturated rings. The van der Waals surface area contributed by atoms with Crippen molar-refractivity contribution in [1.82, 2.24) is 4.90 Å². The number of hydrogen-bond donors (Lipinski definition) is 1. The first-order valence-electron chi connectivity index (χ1n) is 6.68. The largest absolute Gasteiger partial charge is 0.329 e. The summed E-state index contributed by atoms with van der Waals surface area (Å²) in [5, 5.41) is 0. The second kappa shape index (κ2) is 4.42. The Hall–Kier alpha value is -0.0800. The van der Waals surface area contributed by atoms with Gasteiger partial charge in [-0.25, -0.2) is 0 Å². The summed E-state index contributed by atoms with van der Waals surface area (Å²) in [7, 11) is 0. The lowest BCUT2D eigenvalue weighted by atomic mass is 9.84. The first-order chi connectivity index (χ1) is 7.23. The predicted octanol–water partition coefficient (Wildman–Crippen LogP) is 2.24. The molecule has 1 saturated heterocycles. The van der Waals surface area contributed by atoms with Crippen LogP contribution in [0.15, 0.2) is 0 Å². The maximum absolute atomic E-state index is 6.09. The summed E-state index contributed by atoms with van der Waals surface area (Å²) in [6.45, 7) is 8.13. The van der Waals surface area contributed by atoms with Gasteiger partial charge >= 0.3 is 0 Å². The van der Waals surface area contributed by atoms with Gasteiger partial charge in [0.05, 0.1) is 0 Å². The van der Waals surface area contributed by atoms with Crippen molar-refractivity contribution in [3.63, 3.8) is 0 Å². The molecule has 0 aromatic carbocycles. The lowest BCUT2D eigenvalue weighted by Gasteiger charge is -2.47.